The van der Waals surface area contributed by atoms with E-state index >= 15 is 0 Å². The van der Waals surface area contributed by atoms with Crippen molar-refractivity contribution >= 4 is 40.5 Å². The van der Waals surface area contributed by atoms with Gasteiger partial charge in [0.2, 0.25) is 0 Å². The molecule has 136 valence electrons. The number of carbonyl (C=O) groups excluding carboxylic acids is 1. The smallest absolute Gasteiger partial charge is 0.271 e. The van der Waals surface area contributed by atoms with Crippen LogP contribution in [0.2, 0.25) is 5.02 Å². The number of hydrogen-bond donors (Lipinski definition) is 3. The number of non-ortho nitro benzene ring substituents is 1. The van der Waals surface area contributed by atoms with E-state index < -0.39 is 10.8 Å². The summed E-state index contributed by atoms with van der Waals surface area (Å²) in [5, 5.41) is 14.3. The molecule has 1 amide bonds. The summed E-state index contributed by atoms with van der Waals surface area (Å²) in [6.07, 6.45) is 3.40. The molecule has 0 aromatic heterocycles. The highest BCUT2D eigenvalue weighted by atomic mass is 35.5. The number of nitrogens with one attached hydrogen (secondary N) is 3. The molecule has 1 aromatic carbocycles. The van der Waals surface area contributed by atoms with Crippen molar-refractivity contribution in [1.29, 1.82) is 0 Å². The molecule has 7 nitrogen and oxygen atoms in total. The summed E-state index contributed by atoms with van der Waals surface area (Å²) in [7, 11) is 0. The molecule has 3 N–H and O–H groups in total. The number of nitro groups is 1. The van der Waals surface area contributed by atoms with E-state index in [1.807, 2.05) is 0 Å². The first-order valence-electron chi connectivity index (χ1n) is 8.10. The van der Waals surface area contributed by atoms with Gasteiger partial charge in [-0.3, -0.25) is 25.8 Å². The molecule has 2 rings (SSSR count). The molecule has 0 saturated heterocycles. The Hall–Kier alpha value is -1.93. The average Bonchev–Trinajstić information content (AvgIpc) is 2.56. The summed E-state index contributed by atoms with van der Waals surface area (Å²) in [5.41, 5.74) is 5.07. The summed E-state index contributed by atoms with van der Waals surface area (Å²) in [4.78, 5) is 22.3. The van der Waals surface area contributed by atoms with Gasteiger partial charge in [-0.1, -0.05) is 38.3 Å². The van der Waals surface area contributed by atoms with E-state index in [2.05, 4.69) is 30.0 Å². The lowest BCUT2D eigenvalue weighted by atomic mass is 9.78. The van der Waals surface area contributed by atoms with Crippen LogP contribution < -0.4 is 16.2 Å². The monoisotopic (exact) mass is 384 g/mol. The van der Waals surface area contributed by atoms with E-state index in [1.165, 1.54) is 18.6 Å². The molecule has 0 bridgehead atoms. The molecule has 1 aliphatic carbocycles. The summed E-state index contributed by atoms with van der Waals surface area (Å²) < 4.78 is 0. The SMILES string of the molecule is C[C@@H]1[C@H](C)CCC[C@@H]1NC(=S)NNC(=O)c1ccc([N+](=O)[O-])cc1Cl. The minimum atomic E-state index is -0.572. The van der Waals surface area contributed by atoms with Crippen LogP contribution in [-0.2, 0) is 0 Å². The predicted molar refractivity (Wildman–Crippen MR) is 100 cm³/mol. The number of thiocarbonyl (C=S) groups is 1. The van der Waals surface area contributed by atoms with Crippen LogP contribution in [0.3, 0.4) is 0 Å². The number of rotatable bonds is 3. The molecule has 3 atom stereocenters. The number of nitrogens with zero attached hydrogens (tertiary/aromatic N) is 1. The highest BCUT2D eigenvalue weighted by molar-refractivity contribution is 7.80. The molecule has 0 heterocycles. The lowest BCUT2D eigenvalue weighted by Gasteiger charge is -2.35. The minimum Gasteiger partial charge on any atom is -0.358 e. The molecule has 1 aromatic rings. The zero-order valence-electron chi connectivity index (χ0n) is 14.0. The lowest BCUT2D eigenvalue weighted by Crippen LogP contribution is -2.52. The largest absolute Gasteiger partial charge is 0.358 e. The van der Waals surface area contributed by atoms with Crippen LogP contribution >= 0.6 is 23.8 Å². The van der Waals surface area contributed by atoms with Gasteiger partial charge >= 0.3 is 0 Å². The van der Waals surface area contributed by atoms with Crippen molar-refractivity contribution in [2.75, 3.05) is 0 Å². The second-order valence-corrected chi connectivity index (χ2v) is 7.16. The third-order valence-electron chi connectivity index (χ3n) is 4.72. The molecular weight excluding hydrogens is 364 g/mol. The summed E-state index contributed by atoms with van der Waals surface area (Å²) in [5.74, 6) is 0.602. The van der Waals surface area contributed by atoms with Gasteiger partial charge in [0.1, 0.15) is 0 Å². The molecule has 0 spiro atoms. The number of carbonyl (C=O) groups is 1. The van der Waals surface area contributed by atoms with Gasteiger partial charge in [0, 0.05) is 18.2 Å². The summed E-state index contributed by atoms with van der Waals surface area (Å²) in [6.45, 7) is 4.42. The number of halogens is 1. The van der Waals surface area contributed by atoms with Crippen LogP contribution in [0.1, 0.15) is 43.5 Å². The molecule has 1 fully saturated rings. The van der Waals surface area contributed by atoms with Crippen molar-refractivity contribution in [3.63, 3.8) is 0 Å². The minimum absolute atomic E-state index is 0.00195. The number of benzene rings is 1. The molecule has 0 radical (unpaired) electrons. The average molecular weight is 385 g/mol. The molecule has 1 aliphatic rings. The Bertz CT molecular complexity index is 685. The first-order chi connectivity index (χ1) is 11.8. The number of hydrazine groups is 1. The van der Waals surface area contributed by atoms with Gasteiger partial charge in [-0.05, 0) is 36.5 Å². The maximum atomic E-state index is 12.1. The number of nitro benzene ring substituents is 1. The van der Waals surface area contributed by atoms with Crippen molar-refractivity contribution < 1.29 is 9.72 Å². The van der Waals surface area contributed by atoms with Crippen LogP contribution in [-0.4, -0.2) is 22.0 Å². The summed E-state index contributed by atoms with van der Waals surface area (Å²) in [6, 6.07) is 3.93. The van der Waals surface area contributed by atoms with Gasteiger partial charge in [-0.15, -0.1) is 0 Å². The zero-order chi connectivity index (χ0) is 18.6. The Morgan fingerprint density at radius 2 is 2.04 bits per heavy atom. The van der Waals surface area contributed by atoms with E-state index in [4.69, 9.17) is 23.8 Å². The highest BCUT2D eigenvalue weighted by Crippen LogP contribution is 2.29. The molecule has 1 saturated carbocycles. The Morgan fingerprint density at radius 3 is 2.68 bits per heavy atom. The fraction of sp³-hybridized carbons (Fsp3) is 0.500. The van der Waals surface area contributed by atoms with E-state index in [9.17, 15) is 14.9 Å². The van der Waals surface area contributed by atoms with Crippen molar-refractivity contribution in [2.24, 2.45) is 11.8 Å². The van der Waals surface area contributed by atoms with Gasteiger partial charge in [0.25, 0.3) is 11.6 Å². The van der Waals surface area contributed by atoms with Crippen molar-refractivity contribution in [3.8, 4) is 0 Å². The number of hydrogen-bond acceptors (Lipinski definition) is 4. The van der Waals surface area contributed by atoms with E-state index in [0.717, 1.165) is 18.9 Å². The maximum absolute atomic E-state index is 12.1. The van der Waals surface area contributed by atoms with E-state index in [-0.39, 0.29) is 22.3 Å². The highest BCUT2D eigenvalue weighted by Gasteiger charge is 2.27. The summed E-state index contributed by atoms with van der Waals surface area (Å²) >= 11 is 11.2. The Balaban J connectivity index is 1.89. The topological polar surface area (TPSA) is 96.3 Å². The van der Waals surface area contributed by atoms with Crippen LogP contribution in [0.5, 0.6) is 0 Å². The van der Waals surface area contributed by atoms with E-state index in [1.54, 1.807) is 0 Å². The Morgan fingerprint density at radius 1 is 1.32 bits per heavy atom. The lowest BCUT2D eigenvalue weighted by molar-refractivity contribution is -0.384. The molecular formula is C16H21ClN4O3S. The van der Waals surface area contributed by atoms with Crippen molar-refractivity contribution in [2.45, 2.75) is 39.2 Å². The molecule has 9 heteroatoms. The van der Waals surface area contributed by atoms with E-state index in [0.29, 0.717) is 16.9 Å². The van der Waals surface area contributed by atoms with Gasteiger partial charge in [0.05, 0.1) is 15.5 Å². The zero-order valence-corrected chi connectivity index (χ0v) is 15.6. The first-order valence-corrected chi connectivity index (χ1v) is 8.89. The third-order valence-corrected chi connectivity index (χ3v) is 5.25. The van der Waals surface area contributed by atoms with Crippen LogP contribution in [0.4, 0.5) is 5.69 Å². The van der Waals surface area contributed by atoms with Gasteiger partial charge in [0.15, 0.2) is 5.11 Å². The van der Waals surface area contributed by atoms with Crippen molar-refractivity contribution in [1.82, 2.24) is 16.2 Å². The fourth-order valence-corrected chi connectivity index (χ4v) is 3.44. The second kappa shape index (κ2) is 8.44. The molecule has 25 heavy (non-hydrogen) atoms. The fourth-order valence-electron chi connectivity index (χ4n) is 2.97. The molecule has 0 aliphatic heterocycles. The Kier molecular flexibility index (Phi) is 6.55. The van der Waals surface area contributed by atoms with Gasteiger partial charge in [-0.2, -0.15) is 0 Å². The standard InChI is InChI=1S/C16H21ClN4O3S/c1-9-4-3-5-14(10(9)2)18-16(25)20-19-15(22)12-7-6-11(21(23)24)8-13(12)17/h6-10,14H,3-5H2,1-2H3,(H,19,22)(H2,18,20,25)/t9-,10-,14+/m1/s1. The predicted octanol–water partition coefficient (Wildman–Crippen LogP) is 3.18. The quantitative estimate of drug-likeness (QED) is 0.420. The Labute approximate surface area is 156 Å². The van der Waals surface area contributed by atoms with Crippen LogP contribution in [0, 0.1) is 22.0 Å². The van der Waals surface area contributed by atoms with Crippen LogP contribution in [0.15, 0.2) is 18.2 Å². The number of amides is 1. The van der Waals surface area contributed by atoms with Gasteiger partial charge < -0.3 is 5.32 Å². The first kappa shape index (κ1) is 19.4. The van der Waals surface area contributed by atoms with Gasteiger partial charge in [-0.25, -0.2) is 0 Å². The van der Waals surface area contributed by atoms with Crippen LogP contribution in [0.25, 0.3) is 0 Å². The second-order valence-electron chi connectivity index (χ2n) is 6.35. The maximum Gasteiger partial charge on any atom is 0.271 e. The van der Waals surface area contributed by atoms with Crippen molar-refractivity contribution in [3.05, 3.63) is 38.9 Å². The normalized spacial score (nSPS) is 22.8. The third kappa shape index (κ3) is 5.02. The molecule has 0 unspecified atom stereocenters.